The van der Waals surface area contributed by atoms with E-state index in [0.29, 0.717) is 18.8 Å². The average molecular weight is 738 g/mol. The van der Waals surface area contributed by atoms with Crippen LogP contribution in [0, 0.1) is 5.92 Å². The highest BCUT2D eigenvalue weighted by atomic mass is 32.2. The Balaban J connectivity index is 1.79. The van der Waals surface area contributed by atoms with Crippen molar-refractivity contribution in [2.24, 2.45) is 5.92 Å². The van der Waals surface area contributed by atoms with E-state index in [0.717, 1.165) is 50.4 Å². The molecule has 2 rings (SSSR count). The van der Waals surface area contributed by atoms with E-state index < -0.39 is 58.3 Å². The molecule has 0 aromatic rings. The van der Waals surface area contributed by atoms with Crippen LogP contribution in [0.1, 0.15) is 143 Å². The fourth-order valence-electron chi connectivity index (χ4n) is 7.29. The number of nitrogens with one attached hydrogen (secondary N) is 2. The van der Waals surface area contributed by atoms with Gasteiger partial charge in [0.1, 0.15) is 29.9 Å². The Morgan fingerprint density at radius 1 is 0.857 bits per heavy atom. The number of likely N-dealkylation sites (N-methyl/N-ethyl adjacent to an activating group) is 1. The second-order valence-corrected chi connectivity index (χ2v) is 16.8. The number of aliphatic hydroxyl groups excluding tert-OH is 3. The zero-order valence-electron chi connectivity index (χ0n) is 31.2. The Hall–Kier alpha value is -0.510. The molecule has 0 aromatic heterocycles. The van der Waals surface area contributed by atoms with Crippen molar-refractivity contribution < 1.29 is 37.5 Å². The van der Waals surface area contributed by atoms with Gasteiger partial charge in [0, 0.05) is 13.1 Å². The summed E-state index contributed by atoms with van der Waals surface area (Å²) in [5.74, 6) is 0.0542. The van der Waals surface area contributed by atoms with Gasteiger partial charge in [-0.1, -0.05) is 117 Å². The van der Waals surface area contributed by atoms with Crippen LogP contribution >= 0.6 is 11.8 Å². The predicted molar refractivity (Wildman–Crippen MR) is 199 cm³/mol. The summed E-state index contributed by atoms with van der Waals surface area (Å²) in [6.07, 6.45) is 17.3. The quantitative estimate of drug-likeness (QED) is 0.0705. The fraction of sp³-hybridized carbons (Fsp3) is 0.972. The molecule has 2 saturated heterocycles. The minimum Gasteiger partial charge on any atom is -0.388 e. The maximum absolute atomic E-state index is 13.6. The van der Waals surface area contributed by atoms with E-state index >= 15 is 0 Å². The summed E-state index contributed by atoms with van der Waals surface area (Å²) in [5, 5.41) is 34.8. The number of nitrogens with zero attached hydrogens (tertiary/aromatic N) is 1. The van der Waals surface area contributed by atoms with E-state index in [4.69, 9.17) is 8.92 Å². The molecule has 11 nitrogen and oxygen atoms in total. The van der Waals surface area contributed by atoms with Crippen molar-refractivity contribution in [1.82, 2.24) is 14.9 Å². The lowest BCUT2D eigenvalue weighted by atomic mass is 9.92. The first-order valence-corrected chi connectivity index (χ1v) is 22.1. The van der Waals surface area contributed by atoms with E-state index in [1.54, 1.807) is 6.26 Å². The Kier molecular flexibility index (Phi) is 22.5. The lowest BCUT2D eigenvalue weighted by Gasteiger charge is -2.44. The van der Waals surface area contributed by atoms with Gasteiger partial charge in [-0.05, 0) is 45.4 Å². The summed E-state index contributed by atoms with van der Waals surface area (Å²) in [6, 6.07) is -1.55. The number of likely N-dealkylation sites (tertiary alicyclic amines) is 1. The number of aliphatic hydroxyl groups is 3. The number of thioether (sulfide) groups is 1. The van der Waals surface area contributed by atoms with Crippen molar-refractivity contribution >= 4 is 28.0 Å². The SMILES string of the molecule is CCCCCCCCCCCCCCCCCCNS(=O)(=O)O[C@H](C)[C@@H](NC(=O)[C@@H]1C[C@@H](CCC)CN1C)[C@H]1O[C@H](SC)[C@H](O)[C@@H](O)[C@H]1O. The molecule has 13 heteroatoms. The second-order valence-electron chi connectivity index (χ2n) is 14.5. The molecular formula is C36H71N3O8S2. The van der Waals surface area contributed by atoms with Gasteiger partial charge in [0.25, 0.3) is 0 Å². The predicted octanol–water partition coefficient (Wildman–Crippen LogP) is 5.26. The van der Waals surface area contributed by atoms with Crippen LogP contribution < -0.4 is 10.0 Å². The van der Waals surface area contributed by atoms with Crippen molar-refractivity contribution in [3.63, 3.8) is 0 Å². The van der Waals surface area contributed by atoms with Crippen LogP contribution in [0.4, 0.5) is 0 Å². The summed E-state index contributed by atoms with van der Waals surface area (Å²) >= 11 is 1.15. The molecule has 49 heavy (non-hydrogen) atoms. The molecule has 5 N–H and O–H groups in total. The number of carbonyl (C=O) groups is 1. The third kappa shape index (κ3) is 16.4. The summed E-state index contributed by atoms with van der Waals surface area (Å²) in [6.45, 7) is 6.88. The number of ether oxygens (including phenoxy) is 1. The summed E-state index contributed by atoms with van der Waals surface area (Å²) in [4.78, 5) is 15.5. The molecule has 2 heterocycles. The van der Waals surface area contributed by atoms with Gasteiger partial charge >= 0.3 is 10.3 Å². The third-order valence-corrected chi connectivity index (χ3v) is 12.2. The molecule has 2 aliphatic rings. The largest absolute Gasteiger partial charge is 0.388 e. The summed E-state index contributed by atoms with van der Waals surface area (Å²) in [5.41, 5.74) is -0.886. The molecular weight excluding hydrogens is 667 g/mol. The van der Waals surface area contributed by atoms with Crippen LogP contribution in [0.5, 0.6) is 0 Å². The average Bonchev–Trinajstić information content (AvgIpc) is 3.44. The number of rotatable bonds is 27. The summed E-state index contributed by atoms with van der Waals surface area (Å²) < 4.78 is 39.9. The minimum atomic E-state index is -4.19. The van der Waals surface area contributed by atoms with Crippen LogP contribution in [0.25, 0.3) is 0 Å². The molecule has 2 aliphatic heterocycles. The molecule has 0 saturated carbocycles. The first-order valence-electron chi connectivity index (χ1n) is 19.4. The molecule has 290 valence electrons. The number of unbranched alkanes of at least 4 members (excludes halogenated alkanes) is 15. The highest BCUT2D eigenvalue weighted by Gasteiger charge is 2.49. The Bertz CT molecular complexity index is 991. The lowest BCUT2D eigenvalue weighted by Crippen LogP contribution is -2.66. The van der Waals surface area contributed by atoms with Gasteiger partial charge in [-0.15, -0.1) is 11.8 Å². The number of carbonyl (C=O) groups excluding carboxylic acids is 1. The van der Waals surface area contributed by atoms with Crippen LogP contribution in [-0.4, -0.2) is 109 Å². The van der Waals surface area contributed by atoms with E-state index in [-0.39, 0.29) is 12.5 Å². The third-order valence-electron chi connectivity index (χ3n) is 10.2. The van der Waals surface area contributed by atoms with E-state index in [2.05, 4.69) is 23.9 Å². The van der Waals surface area contributed by atoms with Gasteiger partial charge in [-0.3, -0.25) is 13.9 Å². The van der Waals surface area contributed by atoms with E-state index in [1.807, 2.05) is 11.9 Å². The fourth-order valence-corrected chi connectivity index (χ4v) is 8.95. The van der Waals surface area contributed by atoms with Gasteiger partial charge in [0.2, 0.25) is 5.91 Å². The zero-order valence-corrected chi connectivity index (χ0v) is 32.8. The van der Waals surface area contributed by atoms with Crippen LogP contribution in [-0.2, 0) is 24.0 Å². The molecule has 0 unspecified atom stereocenters. The molecule has 2 fully saturated rings. The van der Waals surface area contributed by atoms with Gasteiger partial charge in [0.15, 0.2) is 0 Å². The molecule has 0 spiro atoms. The van der Waals surface area contributed by atoms with Crippen molar-refractivity contribution in [1.29, 1.82) is 0 Å². The zero-order chi connectivity index (χ0) is 36.2. The van der Waals surface area contributed by atoms with Crippen molar-refractivity contribution in [2.45, 2.75) is 191 Å². The van der Waals surface area contributed by atoms with E-state index in [9.17, 15) is 28.5 Å². The Morgan fingerprint density at radius 3 is 1.90 bits per heavy atom. The smallest absolute Gasteiger partial charge is 0.336 e. The van der Waals surface area contributed by atoms with Crippen LogP contribution in [0.15, 0.2) is 0 Å². The summed E-state index contributed by atoms with van der Waals surface area (Å²) in [7, 11) is -2.31. The monoisotopic (exact) mass is 737 g/mol. The van der Waals surface area contributed by atoms with Crippen molar-refractivity contribution in [2.75, 3.05) is 26.4 Å². The Labute approximate surface area is 302 Å². The maximum atomic E-state index is 13.6. The van der Waals surface area contributed by atoms with Gasteiger partial charge in [0.05, 0.1) is 18.2 Å². The lowest BCUT2D eigenvalue weighted by molar-refractivity contribution is -0.210. The standard InChI is InChI=1S/C36H71N3O8S2/c1-6-8-9-10-11-12-13-14-15-16-17-18-19-20-21-22-24-37-49(44,45)47-27(3)30(34-32(41)31(40)33(42)36(46-34)48-5)38-35(43)29-25-28(23-7-2)26-39(29)4/h27-34,36-37,40-42H,6-26H2,1-5H3,(H,38,43)/t27-,28-,29+,30-,31+,32-,33-,34-,36-/m1/s1. The highest BCUT2D eigenvalue weighted by Crippen LogP contribution is 2.31. The molecule has 0 bridgehead atoms. The van der Waals surface area contributed by atoms with Gasteiger partial charge in [-0.2, -0.15) is 13.1 Å². The molecule has 0 radical (unpaired) electrons. The van der Waals surface area contributed by atoms with Crippen LogP contribution in [0.2, 0.25) is 0 Å². The number of hydrogen-bond donors (Lipinski definition) is 5. The van der Waals surface area contributed by atoms with Gasteiger partial charge in [-0.25, -0.2) is 0 Å². The topological polar surface area (TPSA) is 158 Å². The highest BCUT2D eigenvalue weighted by molar-refractivity contribution is 7.99. The number of hydrogen-bond acceptors (Lipinski definition) is 10. The molecule has 1 amide bonds. The molecule has 9 atom stereocenters. The second kappa shape index (κ2) is 24.7. The molecule has 0 aliphatic carbocycles. The van der Waals surface area contributed by atoms with Gasteiger partial charge < -0.3 is 25.4 Å². The maximum Gasteiger partial charge on any atom is 0.336 e. The molecule has 0 aromatic carbocycles. The number of amides is 1. The van der Waals surface area contributed by atoms with Crippen molar-refractivity contribution in [3.8, 4) is 0 Å². The first-order chi connectivity index (χ1) is 23.4. The normalized spacial score (nSPS) is 27.7. The Morgan fingerprint density at radius 2 is 1.39 bits per heavy atom. The minimum absolute atomic E-state index is 0.234. The van der Waals surface area contributed by atoms with Crippen LogP contribution in [0.3, 0.4) is 0 Å². The first kappa shape index (κ1) is 44.7. The van der Waals surface area contributed by atoms with E-state index in [1.165, 1.54) is 84.0 Å². The van der Waals surface area contributed by atoms with Crippen molar-refractivity contribution in [3.05, 3.63) is 0 Å².